The fourth-order valence-corrected chi connectivity index (χ4v) is 6.39. The molecule has 0 spiro atoms. The van der Waals surface area contributed by atoms with E-state index >= 15 is 0 Å². The summed E-state index contributed by atoms with van der Waals surface area (Å²) in [6.45, 7) is 0. The molecule has 1 aliphatic heterocycles. The molecule has 0 saturated heterocycles. The minimum atomic E-state index is -0.258. The van der Waals surface area contributed by atoms with E-state index in [0.29, 0.717) is 0 Å². The smallest absolute Gasteiger partial charge is 0.200 e. The van der Waals surface area contributed by atoms with Gasteiger partial charge in [-0.05, 0) is 76.1 Å². The van der Waals surface area contributed by atoms with Gasteiger partial charge in [-0.3, -0.25) is 0 Å². The predicted octanol–water partition coefficient (Wildman–Crippen LogP) is 10.0. The van der Waals surface area contributed by atoms with Crippen molar-refractivity contribution in [2.75, 3.05) is 0 Å². The first-order chi connectivity index (χ1) is 21.3. The van der Waals surface area contributed by atoms with Gasteiger partial charge in [0.1, 0.15) is 0 Å². The highest BCUT2D eigenvalue weighted by molar-refractivity contribution is 6.09. The summed E-state index contributed by atoms with van der Waals surface area (Å²) < 4.78 is 2.35. The summed E-state index contributed by atoms with van der Waals surface area (Å²) in [6.07, 6.45) is 12.6. The fourth-order valence-electron chi connectivity index (χ4n) is 6.39. The van der Waals surface area contributed by atoms with Crippen molar-refractivity contribution in [2.24, 2.45) is 4.99 Å². The summed E-state index contributed by atoms with van der Waals surface area (Å²) in [5, 5.41) is 6.26. The van der Waals surface area contributed by atoms with E-state index in [2.05, 4.69) is 156 Å². The Morgan fingerprint density at radius 2 is 1.28 bits per heavy atom. The van der Waals surface area contributed by atoms with Crippen LogP contribution in [0, 0.1) is 0 Å². The van der Waals surface area contributed by atoms with Crippen LogP contribution >= 0.6 is 0 Å². The van der Waals surface area contributed by atoms with Crippen LogP contribution in [-0.4, -0.2) is 10.8 Å². The van der Waals surface area contributed by atoms with Crippen molar-refractivity contribution in [3.8, 4) is 22.3 Å². The third-order valence-electron chi connectivity index (χ3n) is 8.59. The first-order valence-corrected chi connectivity index (χ1v) is 15.0. The maximum absolute atomic E-state index is 4.93. The topological polar surface area (TPSA) is 29.3 Å². The number of fused-ring (bicyclic) bond motifs is 3. The van der Waals surface area contributed by atoms with Gasteiger partial charge >= 0.3 is 0 Å². The average molecular weight is 554 g/mol. The largest absolute Gasteiger partial charge is 0.346 e. The van der Waals surface area contributed by atoms with Crippen LogP contribution in [0.1, 0.15) is 30.3 Å². The molecule has 3 nitrogen and oxygen atoms in total. The lowest BCUT2D eigenvalue weighted by atomic mass is 9.96. The van der Waals surface area contributed by atoms with E-state index in [-0.39, 0.29) is 6.29 Å². The Morgan fingerprint density at radius 1 is 0.581 bits per heavy atom. The number of aromatic nitrogens is 1. The lowest BCUT2D eigenvalue weighted by molar-refractivity contribution is 0.510. The number of aliphatic imine (C=N–C) groups is 1. The normalized spacial score (nSPS) is 16.2. The van der Waals surface area contributed by atoms with Crippen LogP contribution in [0.25, 0.3) is 55.3 Å². The molecule has 43 heavy (non-hydrogen) atoms. The molecule has 1 N–H and O–H groups in total. The zero-order valence-electron chi connectivity index (χ0n) is 23.8. The molecule has 0 bridgehead atoms. The van der Waals surface area contributed by atoms with Crippen molar-refractivity contribution in [3.05, 3.63) is 157 Å². The van der Waals surface area contributed by atoms with Crippen LogP contribution in [0.4, 0.5) is 0 Å². The third kappa shape index (κ3) is 4.69. The predicted molar refractivity (Wildman–Crippen MR) is 182 cm³/mol. The Hall–Kier alpha value is -5.41. The van der Waals surface area contributed by atoms with Gasteiger partial charge in [-0.15, -0.1) is 0 Å². The molecule has 3 heteroatoms. The van der Waals surface area contributed by atoms with E-state index in [1.165, 1.54) is 55.2 Å². The second-order valence-corrected chi connectivity index (χ2v) is 11.2. The van der Waals surface area contributed by atoms with Crippen molar-refractivity contribution in [1.29, 1.82) is 0 Å². The molecule has 0 saturated carbocycles. The maximum Gasteiger partial charge on any atom is 0.200 e. The number of hydrogen-bond acceptors (Lipinski definition) is 2. The van der Waals surface area contributed by atoms with Gasteiger partial charge in [-0.2, -0.15) is 0 Å². The summed E-state index contributed by atoms with van der Waals surface area (Å²) in [4.78, 5) is 4.93. The Balaban J connectivity index is 1.13. The average Bonchev–Trinajstić information content (AvgIpc) is 3.43. The van der Waals surface area contributed by atoms with E-state index in [1.807, 2.05) is 6.21 Å². The molecule has 1 atom stereocenters. The number of rotatable bonds is 5. The number of benzene rings is 5. The summed E-state index contributed by atoms with van der Waals surface area (Å²) in [6, 6.07) is 43.6. The van der Waals surface area contributed by atoms with Gasteiger partial charge in [0.05, 0.1) is 11.0 Å². The van der Waals surface area contributed by atoms with Gasteiger partial charge in [-0.1, -0.05) is 121 Å². The summed E-state index contributed by atoms with van der Waals surface area (Å²) in [7, 11) is 0. The number of nitrogens with one attached hydrogen (secondary N) is 1. The maximum atomic E-state index is 4.93. The SMILES string of the molecule is C1=CCCC(c2ccc3c4ccccc4n(C4N=CC=C(c5cccc(-c6ccc(-c7ccccc7)cc6)c5)N4)c3c2)=C1. The Kier molecular flexibility index (Phi) is 6.34. The minimum Gasteiger partial charge on any atom is -0.346 e. The lowest BCUT2D eigenvalue weighted by Gasteiger charge is -2.25. The van der Waals surface area contributed by atoms with E-state index in [1.54, 1.807) is 0 Å². The molecular formula is C40H31N3. The molecule has 6 aromatic rings. The standard InChI is InChI=1S/C40H31N3/c1-3-10-28(11-4-1)30-18-20-31(21-19-30)32-14-9-15-34(26-32)37-24-25-41-40(42-37)43-38-17-8-7-16-35(38)36-23-22-33(27-39(36)43)29-12-5-2-6-13-29/h1-5,7-12,14-27,40,42H,6,13H2. The lowest BCUT2D eigenvalue weighted by Crippen LogP contribution is -2.26. The number of nitrogens with zero attached hydrogens (tertiary/aromatic N) is 2. The quantitative estimate of drug-likeness (QED) is 0.226. The molecule has 206 valence electrons. The molecule has 0 radical (unpaired) electrons. The van der Waals surface area contributed by atoms with Crippen LogP contribution in [0.3, 0.4) is 0 Å². The highest BCUT2D eigenvalue weighted by Crippen LogP contribution is 2.36. The number of hydrogen-bond donors (Lipinski definition) is 1. The minimum absolute atomic E-state index is 0.258. The molecule has 5 aromatic carbocycles. The molecule has 8 rings (SSSR count). The fraction of sp³-hybridized carbons (Fsp3) is 0.0750. The van der Waals surface area contributed by atoms with Crippen LogP contribution in [0.15, 0.2) is 151 Å². The van der Waals surface area contributed by atoms with Gasteiger partial charge in [0, 0.05) is 22.7 Å². The molecule has 2 aliphatic rings. The Morgan fingerprint density at radius 3 is 2.12 bits per heavy atom. The Bertz CT molecular complexity index is 2090. The first kappa shape index (κ1) is 25.3. The van der Waals surface area contributed by atoms with Crippen molar-refractivity contribution < 1.29 is 0 Å². The molecule has 0 amide bonds. The molecule has 0 fully saturated rings. The van der Waals surface area contributed by atoms with Gasteiger partial charge in [0.25, 0.3) is 0 Å². The van der Waals surface area contributed by atoms with Crippen LogP contribution in [0.2, 0.25) is 0 Å². The van der Waals surface area contributed by atoms with Crippen molar-refractivity contribution >= 4 is 39.3 Å². The third-order valence-corrected chi connectivity index (χ3v) is 8.59. The molecule has 1 aliphatic carbocycles. The summed E-state index contributed by atoms with van der Waals surface area (Å²) >= 11 is 0. The van der Waals surface area contributed by atoms with Crippen LogP contribution in [-0.2, 0) is 0 Å². The Labute approximate surface area is 251 Å². The molecule has 2 heterocycles. The van der Waals surface area contributed by atoms with E-state index < -0.39 is 0 Å². The monoisotopic (exact) mass is 553 g/mol. The summed E-state index contributed by atoms with van der Waals surface area (Å²) in [5.74, 6) is 0. The highest BCUT2D eigenvalue weighted by Gasteiger charge is 2.21. The van der Waals surface area contributed by atoms with Crippen molar-refractivity contribution in [3.63, 3.8) is 0 Å². The molecular weight excluding hydrogens is 522 g/mol. The number of allylic oxidation sites excluding steroid dienone is 5. The zero-order valence-corrected chi connectivity index (χ0v) is 23.8. The van der Waals surface area contributed by atoms with Gasteiger partial charge in [-0.25, -0.2) is 4.99 Å². The molecule has 1 aromatic heterocycles. The van der Waals surface area contributed by atoms with E-state index in [4.69, 9.17) is 4.99 Å². The van der Waals surface area contributed by atoms with Crippen molar-refractivity contribution in [1.82, 2.24) is 9.88 Å². The second kappa shape index (κ2) is 10.8. The van der Waals surface area contributed by atoms with Crippen LogP contribution in [0.5, 0.6) is 0 Å². The van der Waals surface area contributed by atoms with Crippen LogP contribution < -0.4 is 5.32 Å². The van der Waals surface area contributed by atoms with Crippen molar-refractivity contribution in [2.45, 2.75) is 19.1 Å². The van der Waals surface area contributed by atoms with Gasteiger partial charge < -0.3 is 9.88 Å². The number of para-hydroxylation sites is 1. The second-order valence-electron chi connectivity index (χ2n) is 11.2. The van der Waals surface area contributed by atoms with Gasteiger partial charge in [0.2, 0.25) is 6.29 Å². The van der Waals surface area contributed by atoms with Gasteiger partial charge in [0.15, 0.2) is 0 Å². The zero-order chi connectivity index (χ0) is 28.6. The highest BCUT2D eigenvalue weighted by atomic mass is 15.3. The summed E-state index contributed by atoms with van der Waals surface area (Å²) in [5.41, 5.74) is 12.1. The van der Waals surface area contributed by atoms with E-state index in [0.717, 1.165) is 24.1 Å². The first-order valence-electron chi connectivity index (χ1n) is 15.0. The molecule has 1 unspecified atom stereocenters. The van der Waals surface area contributed by atoms with E-state index in [9.17, 15) is 0 Å².